The maximum absolute atomic E-state index is 16.1. The molecule has 4 saturated heterocycles. The number of benzene rings is 6. The molecule has 4 aliphatic rings. The molecule has 39 heteroatoms. The molecule has 1 unspecified atom stereocenters. The molecule has 9 heterocycles. The number of morpholine rings is 3. The smallest absolute Gasteiger partial charge is 0.351 e. The molecule has 6 aromatic carbocycles. The fourth-order valence-corrected chi connectivity index (χ4v) is 25.0. The van der Waals surface area contributed by atoms with Gasteiger partial charge in [-0.1, -0.05) is 154 Å². The summed E-state index contributed by atoms with van der Waals surface area (Å²) in [5.74, 6) is -1.91. The molecular weight excluding hydrogens is 1670 g/mol. The van der Waals surface area contributed by atoms with E-state index in [1.54, 1.807) is 126 Å². The molecule has 15 rings (SSSR count). The average Bonchev–Trinajstić information content (AvgIpc) is 0.844. The highest BCUT2D eigenvalue weighted by atomic mass is 31.2. The predicted octanol–water partition coefficient (Wildman–Crippen LogP) is 9.72. The van der Waals surface area contributed by atoms with Gasteiger partial charge in [-0.2, -0.15) is 15.0 Å². The fraction of sp³-hybridized carbons (Fsp3) is 0.329. The Bertz CT molecular complexity index is 5950. The molecule has 0 bridgehead atoms. The van der Waals surface area contributed by atoms with Crippen LogP contribution in [0, 0.1) is 0 Å². The summed E-state index contributed by atoms with van der Waals surface area (Å²) < 4.78 is 109. The Morgan fingerprint density at radius 3 is 1.27 bits per heavy atom. The second-order valence-corrected chi connectivity index (χ2v) is 43.6. The van der Waals surface area contributed by atoms with Crippen LogP contribution in [0.15, 0.2) is 246 Å². The molecule has 0 spiro atoms. The van der Waals surface area contributed by atoms with E-state index in [-0.39, 0.29) is 94.1 Å². The Hall–Kier alpha value is -11.1. The average molecular weight is 1760 g/mol. The maximum atomic E-state index is 16.1. The van der Waals surface area contributed by atoms with Crippen molar-refractivity contribution >= 4 is 99.2 Å². The molecule has 11 aromatic rings. The minimum absolute atomic E-state index is 0.0245. The standard InChI is InChI=1S/C85H94N17O18P3Si/c1-85(2,3)124(66-33-21-11-22-34-66,67-35-23-12-24-36-67)116-54-61-43-65(44-71(117-61)102-56-89-75-76(87-55-88-77(75)102)96-81(106)60-31-19-10-20-32-60)121(4,110)113-52-63-47-97(49-73(119-63)100-41-38-69(94-83(100)108)91-79(104)58-27-15-8-16-28-58)123(6,112)115-53-64-48-98(50-74(120-64)101-42-39-70(95-84(101)109)92-80(105)59-29-17-9-18-30-59)122(5,111)114-51-62-45-86-46-72(118-62)99-40-37-68(93-82(99)107)90-78(103)57-25-13-7-14-26-57/h7-42,55-56,61-65,71-74,86H,43-54H2,1-6H3,(H,87,88,96,106)(H,90,93,103,107)(H,91,94,104,108)(H,92,95,105,109)/t61-,62-,63-,64-,65?,71+,72+,73+,74+,121-,122-,123-/m0/s1. The van der Waals surface area contributed by atoms with Crippen LogP contribution in [0.1, 0.15) is 100.0 Å². The van der Waals surface area contributed by atoms with Crippen LogP contribution in [0.2, 0.25) is 5.04 Å². The molecule has 0 aliphatic carbocycles. The molecule has 0 saturated carbocycles. The van der Waals surface area contributed by atoms with Crippen LogP contribution in [0.3, 0.4) is 0 Å². The van der Waals surface area contributed by atoms with E-state index in [1.165, 1.54) is 83.3 Å². The number of aromatic nitrogens is 10. The number of rotatable bonds is 29. The quantitative estimate of drug-likeness (QED) is 0.0215. The van der Waals surface area contributed by atoms with Gasteiger partial charge in [0.05, 0.1) is 70.3 Å². The summed E-state index contributed by atoms with van der Waals surface area (Å²) in [5.41, 5.74) is -1.26. The first kappa shape index (κ1) is 87.7. The van der Waals surface area contributed by atoms with E-state index in [0.29, 0.717) is 27.9 Å². The van der Waals surface area contributed by atoms with E-state index in [0.717, 1.165) is 19.5 Å². The van der Waals surface area contributed by atoms with E-state index in [1.807, 2.05) is 36.4 Å². The molecular formula is C85H94N17O18P3Si. The minimum Gasteiger partial charge on any atom is -0.405 e. The molecule has 646 valence electrons. The molecule has 35 nitrogen and oxygen atoms in total. The van der Waals surface area contributed by atoms with Crippen molar-refractivity contribution in [3.05, 3.63) is 285 Å². The summed E-state index contributed by atoms with van der Waals surface area (Å²) in [5, 5.41) is 15.7. The van der Waals surface area contributed by atoms with Crippen LogP contribution in [-0.4, -0.2) is 205 Å². The van der Waals surface area contributed by atoms with Crippen molar-refractivity contribution in [2.75, 3.05) is 107 Å². The summed E-state index contributed by atoms with van der Waals surface area (Å²) in [7, 11) is -15.3. The highest BCUT2D eigenvalue weighted by Gasteiger charge is 2.52. The van der Waals surface area contributed by atoms with Gasteiger partial charge in [-0.15, -0.1) is 0 Å². The van der Waals surface area contributed by atoms with Gasteiger partial charge in [-0.25, -0.2) is 38.7 Å². The molecule has 4 aliphatic heterocycles. The third-order valence-corrected chi connectivity index (χ3v) is 33.3. The molecule has 4 fully saturated rings. The lowest BCUT2D eigenvalue weighted by atomic mass is 10.1. The van der Waals surface area contributed by atoms with Crippen molar-refractivity contribution in [3.8, 4) is 0 Å². The van der Waals surface area contributed by atoms with Crippen LogP contribution in [0.4, 0.5) is 23.3 Å². The van der Waals surface area contributed by atoms with E-state index in [4.69, 9.17) is 41.9 Å². The van der Waals surface area contributed by atoms with Crippen molar-refractivity contribution < 1.29 is 69.8 Å². The number of hydrogen-bond acceptors (Lipinski definition) is 25. The molecule has 0 radical (unpaired) electrons. The lowest BCUT2D eigenvalue weighted by molar-refractivity contribution is -0.126. The van der Waals surface area contributed by atoms with Crippen LogP contribution >= 0.6 is 22.4 Å². The van der Waals surface area contributed by atoms with Gasteiger partial charge in [0.2, 0.25) is 7.37 Å². The number of anilines is 4. The van der Waals surface area contributed by atoms with Gasteiger partial charge >= 0.3 is 17.1 Å². The molecule has 5 N–H and O–H groups in total. The SMILES string of the molecule is CC(C)(C)[Si](OC[C@@H]1CC([P@@](C)(=O)OC[C@@H]2CN([P@@](C)(=O)OC[C@@H]3CN([P@@](C)(=O)OC[C@@H]4CNC[C@H](n5ccc(NC(=O)c6ccccc6)nc5=O)O4)C[C@H](n4ccc(NC(=O)c5ccccc5)nc4=O)O3)C[C@H](n3ccc(NC(=O)c4ccccc4)nc3=O)O2)C[C@H](n2cnc3c(NC(=O)c4ccccc4)ncnc32)O1)(c1ccccc1)c1ccccc1. The Balaban J connectivity index is 0.695. The number of amides is 4. The second kappa shape index (κ2) is 38.1. The molecule has 124 heavy (non-hydrogen) atoms. The summed E-state index contributed by atoms with van der Waals surface area (Å²) in [4.78, 5) is 121. The highest BCUT2D eigenvalue weighted by Crippen LogP contribution is 2.57. The number of imidazole rings is 1. The Morgan fingerprint density at radius 2 is 0.839 bits per heavy atom. The largest absolute Gasteiger partial charge is 0.405 e. The minimum atomic E-state index is -4.19. The number of ether oxygens (including phenoxy) is 4. The van der Waals surface area contributed by atoms with Gasteiger partial charge < -0.3 is 63.5 Å². The van der Waals surface area contributed by atoms with Gasteiger partial charge in [-0.3, -0.25) is 51.1 Å². The normalized spacial score (nSPS) is 21.8. The second-order valence-electron chi connectivity index (χ2n) is 31.6. The van der Waals surface area contributed by atoms with Crippen molar-refractivity contribution in [2.24, 2.45) is 0 Å². The Morgan fingerprint density at radius 1 is 0.444 bits per heavy atom. The van der Waals surface area contributed by atoms with Crippen molar-refractivity contribution in [1.82, 2.24) is 62.8 Å². The molecule has 12 atom stereocenters. The van der Waals surface area contributed by atoms with Gasteiger partial charge in [-0.05, 0) is 88.6 Å². The molecule has 5 aromatic heterocycles. The summed E-state index contributed by atoms with van der Waals surface area (Å²) in [6.45, 7) is 9.11. The summed E-state index contributed by atoms with van der Waals surface area (Å²) in [6, 6.07) is 58.3. The van der Waals surface area contributed by atoms with E-state index in [2.05, 4.69) is 96.5 Å². The Kier molecular flexibility index (Phi) is 27.0. The van der Waals surface area contributed by atoms with Crippen LogP contribution in [0.25, 0.3) is 11.2 Å². The first-order valence-corrected chi connectivity index (χ1v) is 48.4. The number of hydrogen-bond donors (Lipinski definition) is 5. The zero-order valence-electron chi connectivity index (χ0n) is 68.7. The number of carbonyl (C=O) groups excluding carboxylic acids is 4. The zero-order chi connectivity index (χ0) is 86.9. The summed E-state index contributed by atoms with van der Waals surface area (Å²) >= 11 is 0. The Labute approximate surface area is 713 Å². The lowest BCUT2D eigenvalue weighted by Gasteiger charge is -2.45. The first-order chi connectivity index (χ1) is 59.6. The first-order valence-electron chi connectivity index (χ1n) is 40.3. The monoisotopic (exact) mass is 1760 g/mol. The van der Waals surface area contributed by atoms with Gasteiger partial charge in [0.1, 0.15) is 30.0 Å². The number of carbonyl (C=O) groups is 4. The third kappa shape index (κ3) is 20.4. The van der Waals surface area contributed by atoms with E-state index >= 15 is 13.7 Å². The van der Waals surface area contributed by atoms with Gasteiger partial charge in [0.25, 0.3) is 47.0 Å². The molecule has 4 amide bonds. The predicted molar refractivity (Wildman–Crippen MR) is 465 cm³/mol. The number of fused-ring (bicyclic) bond motifs is 1. The summed E-state index contributed by atoms with van der Waals surface area (Å²) in [6.07, 6.45) is -0.913. The van der Waals surface area contributed by atoms with E-state index < -0.39 is 145 Å². The highest BCUT2D eigenvalue weighted by molar-refractivity contribution is 7.59. The third-order valence-electron chi connectivity index (χ3n) is 22.0. The lowest BCUT2D eigenvalue weighted by Crippen LogP contribution is -2.67. The van der Waals surface area contributed by atoms with Gasteiger partial charge in [0, 0.05) is 99.1 Å². The van der Waals surface area contributed by atoms with Crippen LogP contribution in [0.5, 0.6) is 0 Å². The zero-order valence-corrected chi connectivity index (χ0v) is 72.4. The van der Waals surface area contributed by atoms with Crippen LogP contribution < -0.4 is 54.0 Å². The van der Waals surface area contributed by atoms with Gasteiger partial charge in [0.15, 0.2) is 35.7 Å². The number of nitrogens with zero attached hydrogens (tertiary/aromatic N) is 12. The van der Waals surface area contributed by atoms with Crippen molar-refractivity contribution in [2.45, 2.75) is 93.6 Å². The number of nitrogens with one attached hydrogen (secondary N) is 5. The van der Waals surface area contributed by atoms with Crippen LogP contribution in [-0.2, 0) is 50.6 Å². The van der Waals surface area contributed by atoms with Crippen molar-refractivity contribution in [3.63, 3.8) is 0 Å². The fourth-order valence-electron chi connectivity index (χ4n) is 15.5. The maximum Gasteiger partial charge on any atom is 0.351 e. The van der Waals surface area contributed by atoms with Crippen molar-refractivity contribution in [1.29, 1.82) is 0 Å². The van der Waals surface area contributed by atoms with E-state index in [9.17, 15) is 33.6 Å². The topological polar surface area (TPSA) is 408 Å².